The molecule has 0 N–H and O–H groups in total. The molecule has 0 fully saturated rings. The van der Waals surface area contributed by atoms with Crippen molar-refractivity contribution in [3.05, 3.63) is 29.3 Å². The summed E-state index contributed by atoms with van der Waals surface area (Å²) in [5, 5.41) is 0. The summed E-state index contributed by atoms with van der Waals surface area (Å²) in [7, 11) is 2.92. The highest BCUT2D eigenvalue weighted by Gasteiger charge is 2.09. The van der Waals surface area contributed by atoms with Gasteiger partial charge in [0.25, 0.3) is 0 Å². The predicted octanol–water partition coefficient (Wildman–Crippen LogP) is 2.53. The smallest absolute Gasteiger partial charge is 0.305 e. The van der Waals surface area contributed by atoms with E-state index in [1.807, 2.05) is 13.0 Å². The minimum Gasteiger partial charge on any atom is -0.496 e. The zero-order chi connectivity index (χ0) is 13.5. The van der Waals surface area contributed by atoms with Gasteiger partial charge >= 0.3 is 5.97 Å². The molecule has 0 radical (unpaired) electrons. The number of ketones is 1. The molecule has 0 saturated carbocycles. The molecule has 0 aliphatic carbocycles. The first-order valence-corrected chi connectivity index (χ1v) is 5.83. The predicted molar refractivity (Wildman–Crippen MR) is 67.9 cm³/mol. The number of hydrogen-bond donors (Lipinski definition) is 0. The zero-order valence-electron chi connectivity index (χ0n) is 11.0. The molecule has 1 rings (SSSR count). The molecule has 0 amide bonds. The van der Waals surface area contributed by atoms with Crippen LogP contribution in [0.3, 0.4) is 0 Å². The number of Topliss-reactive ketones (excluding diaryl/α,β-unsaturated/α-hetero) is 1. The Kier molecular flexibility index (Phi) is 5.36. The minimum atomic E-state index is -0.288. The van der Waals surface area contributed by atoms with Crippen molar-refractivity contribution in [3.8, 4) is 5.75 Å². The number of methoxy groups -OCH3 is 2. The maximum atomic E-state index is 11.9. The fourth-order valence-corrected chi connectivity index (χ4v) is 1.63. The Bertz CT molecular complexity index is 437. The highest BCUT2D eigenvalue weighted by molar-refractivity contribution is 5.96. The van der Waals surface area contributed by atoms with E-state index < -0.39 is 0 Å². The van der Waals surface area contributed by atoms with Gasteiger partial charge in [-0.15, -0.1) is 0 Å². The fraction of sp³-hybridized carbons (Fsp3) is 0.429. The molecule has 1 aromatic carbocycles. The van der Waals surface area contributed by atoms with Crippen molar-refractivity contribution in [1.82, 2.24) is 0 Å². The Balaban J connectivity index is 2.59. The number of rotatable bonds is 6. The highest BCUT2D eigenvalue weighted by atomic mass is 16.5. The SMILES string of the molecule is COC(=O)CCCC(=O)c1ccc(C)c(OC)c1. The third kappa shape index (κ3) is 3.87. The fourth-order valence-electron chi connectivity index (χ4n) is 1.63. The van der Waals surface area contributed by atoms with Crippen LogP contribution in [-0.2, 0) is 9.53 Å². The molecule has 0 aromatic heterocycles. The first-order valence-electron chi connectivity index (χ1n) is 5.83. The molecular formula is C14H18O4. The number of benzene rings is 1. The van der Waals surface area contributed by atoms with Crippen LogP contribution >= 0.6 is 0 Å². The molecule has 0 spiro atoms. The number of hydrogen-bond acceptors (Lipinski definition) is 4. The van der Waals surface area contributed by atoms with Crippen LogP contribution in [0.4, 0.5) is 0 Å². The van der Waals surface area contributed by atoms with Crippen molar-refractivity contribution in [1.29, 1.82) is 0 Å². The molecule has 4 nitrogen and oxygen atoms in total. The first kappa shape index (κ1) is 14.2. The van der Waals surface area contributed by atoms with Gasteiger partial charge in [-0.1, -0.05) is 12.1 Å². The molecule has 18 heavy (non-hydrogen) atoms. The summed E-state index contributed by atoms with van der Waals surface area (Å²) in [5.74, 6) is 0.426. The third-order valence-electron chi connectivity index (χ3n) is 2.74. The number of carbonyl (C=O) groups is 2. The second-order valence-electron chi connectivity index (χ2n) is 4.04. The van der Waals surface area contributed by atoms with Gasteiger partial charge in [0.2, 0.25) is 0 Å². The molecule has 98 valence electrons. The molecule has 0 aliphatic heterocycles. The van der Waals surface area contributed by atoms with E-state index in [1.54, 1.807) is 19.2 Å². The summed E-state index contributed by atoms with van der Waals surface area (Å²) in [5.41, 5.74) is 1.60. The van der Waals surface area contributed by atoms with Crippen LogP contribution in [0.15, 0.2) is 18.2 Å². The van der Waals surface area contributed by atoms with E-state index in [4.69, 9.17) is 4.74 Å². The van der Waals surface area contributed by atoms with Gasteiger partial charge in [-0.3, -0.25) is 9.59 Å². The van der Waals surface area contributed by atoms with E-state index in [1.165, 1.54) is 7.11 Å². The van der Waals surface area contributed by atoms with Crippen molar-refractivity contribution in [2.45, 2.75) is 26.2 Å². The van der Waals surface area contributed by atoms with Crippen molar-refractivity contribution < 1.29 is 19.1 Å². The Hall–Kier alpha value is -1.84. The summed E-state index contributed by atoms with van der Waals surface area (Å²) in [6.07, 6.45) is 1.11. The van der Waals surface area contributed by atoms with Gasteiger partial charge in [-0.05, 0) is 25.0 Å². The summed E-state index contributed by atoms with van der Waals surface area (Å²) >= 11 is 0. The summed E-state index contributed by atoms with van der Waals surface area (Å²) in [6, 6.07) is 5.36. The number of esters is 1. The van der Waals surface area contributed by atoms with E-state index in [-0.39, 0.29) is 18.2 Å². The lowest BCUT2D eigenvalue weighted by molar-refractivity contribution is -0.140. The molecule has 0 bridgehead atoms. The number of carbonyl (C=O) groups excluding carboxylic acids is 2. The summed E-state index contributed by atoms with van der Waals surface area (Å²) in [6.45, 7) is 1.92. The van der Waals surface area contributed by atoms with Crippen molar-refractivity contribution >= 4 is 11.8 Å². The maximum absolute atomic E-state index is 11.9. The Labute approximate surface area is 107 Å². The van der Waals surface area contributed by atoms with Crippen LogP contribution in [0.5, 0.6) is 5.75 Å². The van der Waals surface area contributed by atoms with E-state index >= 15 is 0 Å². The molecule has 4 heteroatoms. The van der Waals surface area contributed by atoms with Crippen molar-refractivity contribution in [2.24, 2.45) is 0 Å². The van der Waals surface area contributed by atoms with E-state index in [0.29, 0.717) is 24.2 Å². The molecular weight excluding hydrogens is 232 g/mol. The Morgan fingerprint density at radius 3 is 2.50 bits per heavy atom. The van der Waals surface area contributed by atoms with Crippen LogP contribution in [0.1, 0.15) is 35.2 Å². The Morgan fingerprint density at radius 2 is 1.89 bits per heavy atom. The maximum Gasteiger partial charge on any atom is 0.305 e. The van der Waals surface area contributed by atoms with Crippen molar-refractivity contribution in [3.63, 3.8) is 0 Å². The van der Waals surface area contributed by atoms with Gasteiger partial charge in [0.15, 0.2) is 5.78 Å². The van der Waals surface area contributed by atoms with Gasteiger partial charge in [0, 0.05) is 18.4 Å². The van der Waals surface area contributed by atoms with Gasteiger partial charge in [0.1, 0.15) is 5.75 Å². The normalized spacial score (nSPS) is 9.94. The monoisotopic (exact) mass is 250 g/mol. The topological polar surface area (TPSA) is 52.6 Å². The lowest BCUT2D eigenvalue weighted by atomic mass is 10.0. The van der Waals surface area contributed by atoms with Crippen LogP contribution in [0.2, 0.25) is 0 Å². The van der Waals surface area contributed by atoms with Crippen LogP contribution in [0.25, 0.3) is 0 Å². The van der Waals surface area contributed by atoms with E-state index in [9.17, 15) is 9.59 Å². The van der Waals surface area contributed by atoms with Crippen LogP contribution in [0, 0.1) is 6.92 Å². The number of ether oxygens (including phenoxy) is 2. The molecule has 0 atom stereocenters. The standard InChI is InChI=1S/C14H18O4/c1-10-7-8-11(9-13(10)17-2)12(15)5-4-6-14(16)18-3/h7-9H,4-6H2,1-3H3. The summed E-state index contributed by atoms with van der Waals surface area (Å²) in [4.78, 5) is 22.8. The van der Waals surface area contributed by atoms with Crippen LogP contribution < -0.4 is 4.74 Å². The second kappa shape index (κ2) is 6.79. The zero-order valence-corrected chi connectivity index (χ0v) is 11.0. The molecule has 0 heterocycles. The highest BCUT2D eigenvalue weighted by Crippen LogP contribution is 2.20. The molecule has 1 aromatic rings. The lowest BCUT2D eigenvalue weighted by Gasteiger charge is -2.07. The molecule has 0 unspecified atom stereocenters. The van der Waals surface area contributed by atoms with Gasteiger partial charge < -0.3 is 9.47 Å². The van der Waals surface area contributed by atoms with Gasteiger partial charge in [-0.25, -0.2) is 0 Å². The van der Waals surface area contributed by atoms with E-state index in [2.05, 4.69) is 4.74 Å². The molecule has 0 aliphatic rings. The first-order chi connectivity index (χ1) is 8.58. The number of aryl methyl sites for hydroxylation is 1. The van der Waals surface area contributed by atoms with Gasteiger partial charge in [0.05, 0.1) is 14.2 Å². The van der Waals surface area contributed by atoms with E-state index in [0.717, 1.165) is 5.56 Å². The lowest BCUT2D eigenvalue weighted by Crippen LogP contribution is -2.04. The average molecular weight is 250 g/mol. The second-order valence-corrected chi connectivity index (χ2v) is 4.04. The van der Waals surface area contributed by atoms with Crippen LogP contribution in [-0.4, -0.2) is 26.0 Å². The minimum absolute atomic E-state index is 0.0113. The quantitative estimate of drug-likeness (QED) is 0.575. The largest absolute Gasteiger partial charge is 0.496 e. The van der Waals surface area contributed by atoms with Crippen molar-refractivity contribution in [2.75, 3.05) is 14.2 Å². The molecule has 0 saturated heterocycles. The van der Waals surface area contributed by atoms with Gasteiger partial charge in [-0.2, -0.15) is 0 Å². The Morgan fingerprint density at radius 1 is 1.17 bits per heavy atom. The average Bonchev–Trinajstić information content (AvgIpc) is 2.38. The summed E-state index contributed by atoms with van der Waals surface area (Å²) < 4.78 is 9.69. The third-order valence-corrected chi connectivity index (χ3v) is 2.74.